The maximum Gasteiger partial charge on any atom is 0.0768 e. The Morgan fingerprint density at radius 3 is 2.59 bits per heavy atom. The van der Waals surface area contributed by atoms with Gasteiger partial charge in [0.2, 0.25) is 0 Å². The number of likely N-dealkylation sites (N-methyl/N-ethyl adjacent to an activating group) is 1. The van der Waals surface area contributed by atoms with Gasteiger partial charge < -0.3 is 15.0 Å². The lowest BCUT2D eigenvalue weighted by Gasteiger charge is -2.32. The molecule has 2 atom stereocenters. The zero-order chi connectivity index (χ0) is 15.6. The van der Waals surface area contributed by atoms with Crippen LogP contribution in [-0.2, 0) is 11.2 Å². The summed E-state index contributed by atoms with van der Waals surface area (Å²) < 4.78 is 6.32. The van der Waals surface area contributed by atoms with Crippen LogP contribution in [0.5, 0.6) is 0 Å². The standard InChI is InChI=1S/C19H32N2O/c1-3-21(4-2)14-15-22-19(18-12-8-9-13-20-18)16-17-10-6-5-7-11-17/h5-7,10-11,18-20H,3-4,8-9,12-16H2,1-2H3. The summed E-state index contributed by atoms with van der Waals surface area (Å²) in [5.74, 6) is 0. The normalized spacial score (nSPS) is 20.2. The summed E-state index contributed by atoms with van der Waals surface area (Å²) in [4.78, 5) is 2.42. The van der Waals surface area contributed by atoms with E-state index in [1.807, 2.05) is 0 Å². The summed E-state index contributed by atoms with van der Waals surface area (Å²) in [5, 5.41) is 3.67. The van der Waals surface area contributed by atoms with Crippen LogP contribution in [0.15, 0.2) is 30.3 Å². The van der Waals surface area contributed by atoms with Crippen LogP contribution in [0.1, 0.15) is 38.7 Å². The number of nitrogens with zero attached hydrogens (tertiary/aromatic N) is 1. The number of piperidine rings is 1. The maximum absolute atomic E-state index is 6.32. The lowest BCUT2D eigenvalue weighted by atomic mass is 9.95. The van der Waals surface area contributed by atoms with E-state index < -0.39 is 0 Å². The highest BCUT2D eigenvalue weighted by molar-refractivity contribution is 5.16. The Bertz CT molecular complexity index is 386. The van der Waals surface area contributed by atoms with Crippen molar-refractivity contribution in [2.24, 2.45) is 0 Å². The van der Waals surface area contributed by atoms with Crippen molar-refractivity contribution >= 4 is 0 Å². The third-order valence-corrected chi connectivity index (χ3v) is 4.71. The number of rotatable bonds is 9. The van der Waals surface area contributed by atoms with E-state index in [2.05, 4.69) is 54.4 Å². The van der Waals surface area contributed by atoms with Crippen molar-refractivity contribution in [1.29, 1.82) is 0 Å². The fourth-order valence-electron chi connectivity index (χ4n) is 3.23. The van der Waals surface area contributed by atoms with E-state index in [0.29, 0.717) is 12.1 Å². The Labute approximate surface area is 136 Å². The molecule has 1 heterocycles. The lowest BCUT2D eigenvalue weighted by Crippen LogP contribution is -2.46. The quantitative estimate of drug-likeness (QED) is 0.759. The lowest BCUT2D eigenvalue weighted by molar-refractivity contribution is 0.00979. The van der Waals surface area contributed by atoms with Gasteiger partial charge in [-0.2, -0.15) is 0 Å². The molecule has 3 heteroatoms. The van der Waals surface area contributed by atoms with E-state index in [-0.39, 0.29) is 0 Å². The molecule has 1 aliphatic heterocycles. The largest absolute Gasteiger partial charge is 0.375 e. The summed E-state index contributed by atoms with van der Waals surface area (Å²) in [6.45, 7) is 9.63. The molecule has 22 heavy (non-hydrogen) atoms. The summed E-state index contributed by atoms with van der Waals surface area (Å²) in [6, 6.07) is 11.3. The van der Waals surface area contributed by atoms with Gasteiger partial charge in [-0.05, 0) is 38.0 Å². The molecule has 0 saturated carbocycles. The first-order chi connectivity index (χ1) is 10.8. The molecule has 1 N–H and O–H groups in total. The second kappa shape index (κ2) is 9.98. The molecule has 0 bridgehead atoms. The molecule has 0 amide bonds. The molecular formula is C19H32N2O. The highest BCUT2D eigenvalue weighted by atomic mass is 16.5. The predicted octanol–water partition coefficient (Wildman–Crippen LogP) is 3.10. The zero-order valence-corrected chi connectivity index (χ0v) is 14.3. The van der Waals surface area contributed by atoms with Crippen molar-refractivity contribution in [1.82, 2.24) is 10.2 Å². The monoisotopic (exact) mass is 304 g/mol. The summed E-state index contributed by atoms with van der Waals surface area (Å²) in [6.07, 6.45) is 5.16. The van der Waals surface area contributed by atoms with E-state index in [1.54, 1.807) is 0 Å². The van der Waals surface area contributed by atoms with Crippen molar-refractivity contribution in [3.8, 4) is 0 Å². The van der Waals surface area contributed by atoms with Crippen LogP contribution in [-0.4, -0.2) is 49.8 Å². The fraction of sp³-hybridized carbons (Fsp3) is 0.684. The van der Waals surface area contributed by atoms with Crippen molar-refractivity contribution in [2.45, 2.75) is 51.7 Å². The van der Waals surface area contributed by atoms with Gasteiger partial charge in [0.25, 0.3) is 0 Å². The molecule has 1 saturated heterocycles. The van der Waals surface area contributed by atoms with Crippen LogP contribution in [0.4, 0.5) is 0 Å². The average Bonchev–Trinajstić information content (AvgIpc) is 2.59. The van der Waals surface area contributed by atoms with E-state index in [4.69, 9.17) is 4.74 Å². The van der Waals surface area contributed by atoms with Crippen LogP contribution in [0.25, 0.3) is 0 Å². The molecule has 0 aliphatic carbocycles. The molecule has 0 radical (unpaired) electrons. The average molecular weight is 304 g/mol. The highest BCUT2D eigenvalue weighted by Crippen LogP contribution is 2.17. The zero-order valence-electron chi connectivity index (χ0n) is 14.3. The molecule has 2 unspecified atom stereocenters. The summed E-state index contributed by atoms with van der Waals surface area (Å²) in [5.41, 5.74) is 1.38. The van der Waals surface area contributed by atoms with Crippen molar-refractivity contribution < 1.29 is 4.74 Å². The molecule has 1 fully saturated rings. The molecule has 124 valence electrons. The van der Waals surface area contributed by atoms with E-state index in [9.17, 15) is 0 Å². The molecule has 0 aromatic heterocycles. The molecule has 1 aromatic rings. The number of benzene rings is 1. The SMILES string of the molecule is CCN(CC)CCOC(Cc1ccccc1)C1CCCCN1. The summed E-state index contributed by atoms with van der Waals surface area (Å²) in [7, 11) is 0. The van der Waals surface area contributed by atoms with Crippen LogP contribution in [0.2, 0.25) is 0 Å². The summed E-state index contributed by atoms with van der Waals surface area (Å²) >= 11 is 0. The van der Waals surface area contributed by atoms with Gasteiger partial charge in [-0.3, -0.25) is 0 Å². The minimum atomic E-state index is 0.290. The van der Waals surface area contributed by atoms with Gasteiger partial charge in [-0.1, -0.05) is 50.6 Å². The van der Waals surface area contributed by atoms with Gasteiger partial charge in [0.1, 0.15) is 0 Å². The fourth-order valence-corrected chi connectivity index (χ4v) is 3.23. The predicted molar refractivity (Wildman–Crippen MR) is 93.3 cm³/mol. The topological polar surface area (TPSA) is 24.5 Å². The first kappa shape index (κ1) is 17.5. The Hall–Kier alpha value is -0.900. The molecule has 1 aliphatic rings. The first-order valence-electron chi connectivity index (χ1n) is 8.94. The first-order valence-corrected chi connectivity index (χ1v) is 8.94. The van der Waals surface area contributed by atoms with Crippen LogP contribution >= 0.6 is 0 Å². The maximum atomic E-state index is 6.32. The van der Waals surface area contributed by atoms with Crippen molar-refractivity contribution in [3.05, 3.63) is 35.9 Å². The molecule has 3 nitrogen and oxygen atoms in total. The number of hydrogen-bond donors (Lipinski definition) is 1. The van der Waals surface area contributed by atoms with E-state index >= 15 is 0 Å². The minimum absolute atomic E-state index is 0.290. The van der Waals surface area contributed by atoms with Crippen molar-refractivity contribution in [2.75, 3.05) is 32.8 Å². The molecule has 1 aromatic carbocycles. The second-order valence-electron chi connectivity index (χ2n) is 6.18. The van der Waals surface area contributed by atoms with Crippen molar-refractivity contribution in [3.63, 3.8) is 0 Å². The Morgan fingerprint density at radius 1 is 1.18 bits per heavy atom. The smallest absolute Gasteiger partial charge is 0.0768 e. The van der Waals surface area contributed by atoms with E-state index in [0.717, 1.165) is 39.2 Å². The van der Waals surface area contributed by atoms with Gasteiger partial charge in [0.05, 0.1) is 12.7 Å². The van der Waals surface area contributed by atoms with Crippen LogP contribution < -0.4 is 5.32 Å². The molecule has 0 spiro atoms. The van der Waals surface area contributed by atoms with Crippen LogP contribution in [0.3, 0.4) is 0 Å². The number of nitrogens with one attached hydrogen (secondary N) is 1. The van der Waals surface area contributed by atoms with Gasteiger partial charge in [-0.25, -0.2) is 0 Å². The van der Waals surface area contributed by atoms with Gasteiger partial charge in [0.15, 0.2) is 0 Å². The van der Waals surface area contributed by atoms with E-state index in [1.165, 1.54) is 24.8 Å². The van der Waals surface area contributed by atoms with Gasteiger partial charge in [0, 0.05) is 19.0 Å². The Balaban J connectivity index is 1.89. The number of hydrogen-bond acceptors (Lipinski definition) is 3. The molecular weight excluding hydrogens is 272 g/mol. The van der Waals surface area contributed by atoms with Gasteiger partial charge in [-0.15, -0.1) is 0 Å². The third-order valence-electron chi connectivity index (χ3n) is 4.71. The van der Waals surface area contributed by atoms with Gasteiger partial charge >= 0.3 is 0 Å². The van der Waals surface area contributed by atoms with Crippen LogP contribution in [0, 0.1) is 0 Å². The number of ether oxygens (including phenoxy) is 1. The minimum Gasteiger partial charge on any atom is -0.375 e. The molecule has 2 rings (SSSR count). The Morgan fingerprint density at radius 2 is 1.95 bits per heavy atom. The Kier molecular flexibility index (Phi) is 7.92. The highest BCUT2D eigenvalue weighted by Gasteiger charge is 2.24. The third kappa shape index (κ3) is 5.71. The second-order valence-corrected chi connectivity index (χ2v) is 6.18.